The van der Waals surface area contributed by atoms with Gasteiger partial charge in [-0.15, -0.1) is 0 Å². The molecule has 8 nitrogen and oxygen atoms in total. The molecule has 0 amide bonds. The minimum Gasteiger partial charge on any atom is -0.392 e. The Bertz CT molecular complexity index is 1030. The van der Waals surface area contributed by atoms with E-state index < -0.39 is 28.9 Å². The molecule has 0 aromatic carbocycles. The molecular weight excluding hydrogens is 360 g/mol. The predicted octanol–water partition coefficient (Wildman–Crippen LogP) is 0.726. The van der Waals surface area contributed by atoms with Crippen LogP contribution in [-0.4, -0.2) is 41.5 Å². The molecule has 4 atom stereocenters. The van der Waals surface area contributed by atoms with Gasteiger partial charge in [0.05, 0.1) is 24.2 Å². The number of nitrogens with one attached hydrogen (secondary N) is 1. The first-order valence-electron chi connectivity index (χ1n) is 10.5. The maximum Gasteiger partial charge on any atom is 0.332 e. The fourth-order valence-corrected chi connectivity index (χ4v) is 6.31. The van der Waals surface area contributed by atoms with E-state index in [-0.39, 0.29) is 6.54 Å². The molecule has 0 aliphatic heterocycles. The van der Waals surface area contributed by atoms with Crippen LogP contribution in [-0.2, 0) is 18.5 Å². The zero-order valence-corrected chi connectivity index (χ0v) is 16.4. The van der Waals surface area contributed by atoms with E-state index in [1.807, 2.05) is 6.92 Å². The predicted molar refractivity (Wildman–Crippen MR) is 103 cm³/mol. The summed E-state index contributed by atoms with van der Waals surface area (Å²) in [6.45, 7) is 3.92. The molecule has 0 saturated heterocycles. The third kappa shape index (κ3) is 2.27. The van der Waals surface area contributed by atoms with E-state index in [4.69, 9.17) is 4.98 Å². The molecule has 6 rings (SSSR count). The van der Waals surface area contributed by atoms with Gasteiger partial charge in [-0.05, 0) is 56.8 Å². The smallest absolute Gasteiger partial charge is 0.332 e. The number of hydrogen-bond acceptors (Lipinski definition) is 5. The molecule has 4 aliphatic rings. The molecule has 3 N–H and O–H groups in total. The highest BCUT2D eigenvalue weighted by Gasteiger charge is 2.63. The van der Waals surface area contributed by atoms with Gasteiger partial charge in [0.2, 0.25) is 0 Å². The number of aryl methyl sites for hydroxylation is 1. The molecule has 2 aromatic rings. The molecular formula is C20H28N4O4. The van der Waals surface area contributed by atoms with Gasteiger partial charge in [0.15, 0.2) is 5.65 Å². The minimum absolute atomic E-state index is 0.0499. The normalized spacial score (nSPS) is 34.6. The third-order valence-electron chi connectivity index (χ3n) is 7.37. The van der Waals surface area contributed by atoms with Gasteiger partial charge in [-0.25, -0.2) is 9.78 Å². The van der Waals surface area contributed by atoms with E-state index in [0.29, 0.717) is 41.3 Å². The topological polar surface area (TPSA) is 113 Å². The summed E-state index contributed by atoms with van der Waals surface area (Å²) in [6, 6.07) is 0. The van der Waals surface area contributed by atoms with E-state index in [2.05, 4.69) is 4.98 Å². The molecule has 4 fully saturated rings. The van der Waals surface area contributed by atoms with Crippen LogP contribution in [0.15, 0.2) is 9.59 Å². The van der Waals surface area contributed by atoms with Crippen molar-refractivity contribution in [1.82, 2.24) is 19.1 Å². The minimum atomic E-state index is -0.804. The standard InChI is InChI=1S/C20H28N4O4/c1-3-4-23-16-14(17(27)24(19(23)28)9-10(2)25)21-18(22-16)20-7-12-5-11(15(20)26)6-13(12)8-20/h10-13,15,25-26H,3-9H2,1-2H3,(H,21,22). The Morgan fingerprint density at radius 2 is 1.89 bits per heavy atom. The van der Waals surface area contributed by atoms with Crippen LogP contribution in [0.2, 0.25) is 0 Å². The van der Waals surface area contributed by atoms with Crippen LogP contribution in [0.4, 0.5) is 0 Å². The Morgan fingerprint density at radius 3 is 2.50 bits per heavy atom. The second-order valence-electron chi connectivity index (χ2n) is 9.24. The van der Waals surface area contributed by atoms with E-state index in [1.54, 1.807) is 6.92 Å². The van der Waals surface area contributed by atoms with Gasteiger partial charge < -0.3 is 15.2 Å². The van der Waals surface area contributed by atoms with Crippen LogP contribution in [0.3, 0.4) is 0 Å². The van der Waals surface area contributed by atoms with Gasteiger partial charge in [0.25, 0.3) is 5.56 Å². The van der Waals surface area contributed by atoms with E-state index in [9.17, 15) is 19.8 Å². The number of rotatable bonds is 5. The van der Waals surface area contributed by atoms with Crippen LogP contribution in [0.1, 0.15) is 51.8 Å². The highest BCUT2D eigenvalue weighted by molar-refractivity contribution is 5.70. The van der Waals surface area contributed by atoms with Crippen molar-refractivity contribution < 1.29 is 10.2 Å². The number of H-pyrrole nitrogens is 1. The lowest BCUT2D eigenvalue weighted by Crippen LogP contribution is -2.47. The number of nitrogens with zero attached hydrogens (tertiary/aromatic N) is 3. The second kappa shape index (κ2) is 6.03. The summed E-state index contributed by atoms with van der Waals surface area (Å²) in [6.07, 6.45) is 3.45. The quantitative estimate of drug-likeness (QED) is 0.699. The van der Waals surface area contributed by atoms with Crippen LogP contribution < -0.4 is 11.2 Å². The first-order valence-corrected chi connectivity index (χ1v) is 10.5. The molecule has 4 aliphatic carbocycles. The lowest BCUT2D eigenvalue weighted by atomic mass is 9.66. The van der Waals surface area contributed by atoms with E-state index >= 15 is 0 Å². The Labute approximate surface area is 162 Å². The maximum absolute atomic E-state index is 13.0. The number of fused-ring (bicyclic) bond motifs is 1. The summed E-state index contributed by atoms with van der Waals surface area (Å²) < 4.78 is 2.62. The molecule has 152 valence electrons. The van der Waals surface area contributed by atoms with E-state index in [0.717, 1.165) is 36.7 Å². The summed E-state index contributed by atoms with van der Waals surface area (Å²) in [5, 5.41) is 20.8. The number of aliphatic hydroxyl groups is 2. The number of aliphatic hydroxyl groups excluding tert-OH is 2. The summed E-state index contributed by atoms with van der Waals surface area (Å²) in [7, 11) is 0. The van der Waals surface area contributed by atoms with Gasteiger partial charge in [0, 0.05) is 6.54 Å². The largest absolute Gasteiger partial charge is 0.392 e. The van der Waals surface area contributed by atoms with Crippen LogP contribution in [0, 0.1) is 17.8 Å². The second-order valence-corrected chi connectivity index (χ2v) is 9.24. The maximum atomic E-state index is 13.0. The third-order valence-corrected chi connectivity index (χ3v) is 7.37. The molecule has 4 saturated carbocycles. The molecule has 2 aromatic heterocycles. The van der Waals surface area contributed by atoms with Gasteiger partial charge >= 0.3 is 5.69 Å². The number of imidazole rings is 1. The van der Waals surface area contributed by atoms with Gasteiger partial charge in [-0.1, -0.05) is 6.92 Å². The Hall–Kier alpha value is -1.93. The van der Waals surface area contributed by atoms with Crippen molar-refractivity contribution in [2.75, 3.05) is 0 Å². The summed E-state index contributed by atoms with van der Waals surface area (Å²) in [5.74, 6) is 2.23. The van der Waals surface area contributed by atoms with Gasteiger partial charge in [-0.3, -0.25) is 13.9 Å². The number of hydrogen-bond donors (Lipinski definition) is 3. The summed E-state index contributed by atoms with van der Waals surface area (Å²) >= 11 is 0. The lowest BCUT2D eigenvalue weighted by molar-refractivity contribution is -0.00851. The molecule has 0 spiro atoms. The average molecular weight is 388 g/mol. The number of aromatic amines is 1. The Kier molecular flexibility index (Phi) is 3.90. The molecule has 0 radical (unpaired) electrons. The SMILES string of the molecule is CCCn1c(=O)n(CC(C)O)c(=O)c2[nH]c(C34CC5CC(CC5C3)C4O)nc21. The average Bonchev–Trinajstić information content (AvgIpc) is 3.30. The van der Waals surface area contributed by atoms with Crippen LogP contribution in [0.5, 0.6) is 0 Å². The van der Waals surface area contributed by atoms with Crippen LogP contribution in [0.25, 0.3) is 11.2 Å². The molecule has 4 bridgehead atoms. The van der Waals surface area contributed by atoms with Gasteiger partial charge in [0.1, 0.15) is 11.3 Å². The Balaban J connectivity index is 1.71. The zero-order chi connectivity index (χ0) is 19.8. The van der Waals surface area contributed by atoms with Crippen molar-refractivity contribution in [3.63, 3.8) is 0 Å². The summed E-state index contributed by atoms with van der Waals surface area (Å²) in [5.41, 5.74) is -0.643. The van der Waals surface area contributed by atoms with Gasteiger partial charge in [-0.2, -0.15) is 0 Å². The molecule has 28 heavy (non-hydrogen) atoms. The van der Waals surface area contributed by atoms with Crippen molar-refractivity contribution in [2.45, 2.75) is 76.7 Å². The highest BCUT2D eigenvalue weighted by Crippen LogP contribution is 2.64. The van der Waals surface area contributed by atoms with Crippen LogP contribution >= 0.6 is 0 Å². The van der Waals surface area contributed by atoms with Crippen molar-refractivity contribution in [3.8, 4) is 0 Å². The molecule has 2 heterocycles. The fraction of sp³-hybridized carbons (Fsp3) is 0.750. The first kappa shape index (κ1) is 18.1. The van der Waals surface area contributed by atoms with Crippen molar-refractivity contribution in [2.24, 2.45) is 17.8 Å². The molecule has 8 heteroatoms. The monoisotopic (exact) mass is 388 g/mol. The Morgan fingerprint density at radius 1 is 1.21 bits per heavy atom. The first-order chi connectivity index (χ1) is 13.4. The van der Waals surface area contributed by atoms with Crippen molar-refractivity contribution >= 4 is 11.2 Å². The lowest BCUT2D eigenvalue weighted by Gasteiger charge is -2.42. The zero-order valence-electron chi connectivity index (χ0n) is 16.4. The molecule has 4 unspecified atom stereocenters. The summed E-state index contributed by atoms with van der Waals surface area (Å²) in [4.78, 5) is 33.9. The van der Waals surface area contributed by atoms with Crippen molar-refractivity contribution in [1.29, 1.82) is 0 Å². The fourth-order valence-electron chi connectivity index (χ4n) is 6.31. The highest BCUT2D eigenvalue weighted by atomic mass is 16.3. The van der Waals surface area contributed by atoms with Crippen molar-refractivity contribution in [3.05, 3.63) is 26.7 Å². The number of aromatic nitrogens is 4. The van der Waals surface area contributed by atoms with E-state index in [1.165, 1.54) is 4.57 Å².